The van der Waals surface area contributed by atoms with Gasteiger partial charge in [-0.05, 0) is 49.7 Å². The maximum Gasteiger partial charge on any atom is 0.225 e. The van der Waals surface area contributed by atoms with Crippen molar-refractivity contribution >= 4 is 33.2 Å². The topological polar surface area (TPSA) is 79.3 Å². The van der Waals surface area contributed by atoms with Crippen LogP contribution in [0, 0.1) is 11.8 Å². The molecule has 29 heavy (non-hydrogen) atoms. The highest BCUT2D eigenvalue weighted by molar-refractivity contribution is 7.90. The Morgan fingerprint density at radius 2 is 1.41 bits per heavy atom. The lowest BCUT2D eigenvalue weighted by atomic mass is 9.79. The summed E-state index contributed by atoms with van der Waals surface area (Å²) in [6, 6.07) is 3.47. The summed E-state index contributed by atoms with van der Waals surface area (Å²) in [5.41, 5.74) is 0. The van der Waals surface area contributed by atoms with Crippen LogP contribution in [0.25, 0.3) is 0 Å². The minimum absolute atomic E-state index is 0.271. The van der Waals surface area contributed by atoms with E-state index in [1.54, 1.807) is 18.5 Å². The Labute approximate surface area is 177 Å². The maximum absolute atomic E-state index is 11.6. The number of rotatable bonds is 4. The smallest absolute Gasteiger partial charge is 0.225 e. The largest absolute Gasteiger partial charge is 0.357 e. The van der Waals surface area contributed by atoms with Crippen LogP contribution in [0.2, 0.25) is 5.02 Å². The molecule has 4 heterocycles. The van der Waals surface area contributed by atoms with E-state index < -0.39 is 9.84 Å². The molecule has 2 fully saturated rings. The number of piperidine rings is 2. The van der Waals surface area contributed by atoms with E-state index in [0.29, 0.717) is 5.02 Å². The lowest BCUT2D eigenvalue weighted by molar-refractivity contribution is 0.232. The lowest BCUT2D eigenvalue weighted by Crippen LogP contribution is -2.41. The Morgan fingerprint density at radius 3 is 1.90 bits per heavy atom. The van der Waals surface area contributed by atoms with Crippen molar-refractivity contribution in [2.24, 2.45) is 11.8 Å². The zero-order valence-electron chi connectivity index (χ0n) is 16.5. The first-order valence-electron chi connectivity index (χ1n) is 10.0. The zero-order chi connectivity index (χ0) is 20.4. The van der Waals surface area contributed by atoms with Crippen LogP contribution < -0.4 is 9.80 Å². The van der Waals surface area contributed by atoms with Crippen molar-refractivity contribution in [1.29, 1.82) is 0 Å². The van der Waals surface area contributed by atoms with Crippen molar-refractivity contribution in [1.82, 2.24) is 15.0 Å². The van der Waals surface area contributed by atoms with Gasteiger partial charge in [-0.2, -0.15) is 0 Å². The number of nitrogens with zero attached hydrogens (tertiary/aromatic N) is 5. The Kier molecular flexibility index (Phi) is 5.92. The molecule has 7 nitrogen and oxygen atoms in total. The van der Waals surface area contributed by atoms with Crippen molar-refractivity contribution in [3.63, 3.8) is 0 Å². The molecule has 9 heteroatoms. The highest BCUT2D eigenvalue weighted by atomic mass is 35.5. The van der Waals surface area contributed by atoms with Gasteiger partial charge in [0.1, 0.15) is 5.82 Å². The molecule has 0 unspecified atom stereocenters. The standard InChI is InChI=1S/C20H26ClN5O2S/c1-29(27,28)18-2-3-19(22-14-18)25-8-4-15(5-9-25)16-6-10-26(11-7-16)20-23-12-17(21)13-24-20/h2-3,12-16H,4-11H2,1H3. The summed E-state index contributed by atoms with van der Waals surface area (Å²) in [7, 11) is -3.20. The molecule has 2 saturated heterocycles. The molecule has 0 saturated carbocycles. The molecule has 0 aromatic carbocycles. The van der Waals surface area contributed by atoms with Crippen LogP contribution in [0.4, 0.5) is 11.8 Å². The molecule has 2 aliphatic rings. The summed E-state index contributed by atoms with van der Waals surface area (Å²) >= 11 is 5.88. The van der Waals surface area contributed by atoms with Crippen molar-refractivity contribution in [3.05, 3.63) is 35.7 Å². The molecule has 0 aliphatic carbocycles. The molecule has 2 aliphatic heterocycles. The molecular weight excluding hydrogens is 410 g/mol. The fourth-order valence-electron chi connectivity index (χ4n) is 4.42. The van der Waals surface area contributed by atoms with E-state index in [-0.39, 0.29) is 4.90 Å². The van der Waals surface area contributed by atoms with Gasteiger partial charge in [-0.3, -0.25) is 0 Å². The highest BCUT2D eigenvalue weighted by Gasteiger charge is 2.30. The average Bonchev–Trinajstić information content (AvgIpc) is 2.74. The van der Waals surface area contributed by atoms with Gasteiger partial charge in [-0.25, -0.2) is 23.4 Å². The molecule has 0 amide bonds. The molecule has 2 aromatic heterocycles. The van der Waals surface area contributed by atoms with Crippen molar-refractivity contribution < 1.29 is 8.42 Å². The second kappa shape index (κ2) is 8.44. The first-order chi connectivity index (χ1) is 13.9. The lowest BCUT2D eigenvalue weighted by Gasteiger charge is -2.40. The number of halogens is 1. The Bertz CT molecular complexity index is 920. The van der Waals surface area contributed by atoms with Crippen LogP contribution in [0.1, 0.15) is 25.7 Å². The minimum Gasteiger partial charge on any atom is -0.357 e. The molecule has 0 atom stereocenters. The SMILES string of the molecule is CS(=O)(=O)c1ccc(N2CCC(C3CCN(c4ncc(Cl)cn4)CC3)CC2)nc1. The molecule has 0 spiro atoms. The summed E-state index contributed by atoms with van der Waals surface area (Å²) in [5.74, 6) is 3.10. The van der Waals surface area contributed by atoms with Crippen LogP contribution >= 0.6 is 11.6 Å². The third-order valence-electron chi connectivity index (χ3n) is 6.11. The average molecular weight is 436 g/mol. The second-order valence-electron chi connectivity index (χ2n) is 7.97. The zero-order valence-corrected chi connectivity index (χ0v) is 18.1. The van der Waals surface area contributed by atoms with Crippen molar-refractivity contribution in [2.75, 3.05) is 42.2 Å². The molecule has 2 aromatic rings. The normalized spacial score (nSPS) is 19.5. The molecule has 4 rings (SSSR count). The van der Waals surface area contributed by atoms with Gasteiger partial charge < -0.3 is 9.80 Å². The molecular formula is C20H26ClN5O2S. The van der Waals surface area contributed by atoms with E-state index in [9.17, 15) is 8.42 Å². The summed E-state index contributed by atoms with van der Waals surface area (Å²) in [4.78, 5) is 17.8. The van der Waals surface area contributed by atoms with Crippen LogP contribution in [0.5, 0.6) is 0 Å². The Balaban J connectivity index is 1.28. The maximum atomic E-state index is 11.6. The number of hydrogen-bond acceptors (Lipinski definition) is 7. The summed E-state index contributed by atoms with van der Waals surface area (Å²) in [6.45, 7) is 3.91. The van der Waals surface area contributed by atoms with Gasteiger partial charge >= 0.3 is 0 Å². The van der Waals surface area contributed by atoms with Gasteiger partial charge in [-0.15, -0.1) is 0 Å². The van der Waals surface area contributed by atoms with E-state index in [4.69, 9.17) is 11.6 Å². The number of pyridine rings is 1. The van der Waals surface area contributed by atoms with E-state index in [1.807, 2.05) is 6.07 Å². The molecule has 0 N–H and O–H groups in total. The van der Waals surface area contributed by atoms with Crippen LogP contribution in [0.15, 0.2) is 35.6 Å². The fraction of sp³-hybridized carbons (Fsp3) is 0.550. The van der Waals surface area contributed by atoms with Crippen LogP contribution in [-0.4, -0.2) is 55.8 Å². The molecule has 156 valence electrons. The van der Waals surface area contributed by atoms with E-state index in [1.165, 1.54) is 12.5 Å². The third-order valence-corrected chi connectivity index (χ3v) is 7.40. The Morgan fingerprint density at radius 1 is 0.862 bits per heavy atom. The number of sulfone groups is 1. The predicted octanol–water partition coefficient (Wildman–Crippen LogP) is 3.06. The summed E-state index contributed by atoms with van der Waals surface area (Å²) in [6.07, 6.45) is 10.6. The molecule has 0 bridgehead atoms. The highest BCUT2D eigenvalue weighted by Crippen LogP contribution is 2.34. The van der Waals surface area contributed by atoms with E-state index >= 15 is 0 Å². The Hall–Kier alpha value is -1.93. The van der Waals surface area contributed by atoms with Crippen molar-refractivity contribution in [3.8, 4) is 0 Å². The monoisotopic (exact) mass is 435 g/mol. The van der Waals surface area contributed by atoms with Crippen molar-refractivity contribution in [2.45, 2.75) is 30.6 Å². The first-order valence-corrected chi connectivity index (χ1v) is 12.3. The summed E-state index contributed by atoms with van der Waals surface area (Å²) in [5, 5.41) is 0.566. The first kappa shape index (κ1) is 20.3. The van der Waals surface area contributed by atoms with Gasteiger partial charge in [0.25, 0.3) is 0 Å². The van der Waals surface area contributed by atoms with E-state index in [2.05, 4.69) is 24.8 Å². The van der Waals surface area contributed by atoms with Gasteiger partial charge in [0.15, 0.2) is 9.84 Å². The van der Waals surface area contributed by atoms with E-state index in [0.717, 1.165) is 75.5 Å². The van der Waals surface area contributed by atoms with Crippen LogP contribution in [0.3, 0.4) is 0 Å². The number of hydrogen-bond donors (Lipinski definition) is 0. The van der Waals surface area contributed by atoms with Crippen LogP contribution in [-0.2, 0) is 9.84 Å². The predicted molar refractivity (Wildman–Crippen MR) is 114 cm³/mol. The number of aromatic nitrogens is 3. The second-order valence-corrected chi connectivity index (χ2v) is 10.4. The van der Waals surface area contributed by atoms with Gasteiger partial charge in [-0.1, -0.05) is 11.6 Å². The van der Waals surface area contributed by atoms with Gasteiger partial charge in [0, 0.05) is 38.6 Å². The van der Waals surface area contributed by atoms with Gasteiger partial charge in [0.05, 0.1) is 22.3 Å². The fourth-order valence-corrected chi connectivity index (χ4v) is 5.08. The quantitative estimate of drug-likeness (QED) is 0.730. The molecule has 0 radical (unpaired) electrons. The summed E-state index contributed by atoms with van der Waals surface area (Å²) < 4.78 is 23.2. The minimum atomic E-state index is -3.20. The van der Waals surface area contributed by atoms with Gasteiger partial charge in [0.2, 0.25) is 5.95 Å². The number of anilines is 2. The third kappa shape index (κ3) is 4.80.